The lowest BCUT2D eigenvalue weighted by molar-refractivity contribution is -0.121. The molecule has 0 spiro atoms. The molecule has 1 amide bonds. The minimum atomic E-state index is -3.56. The standard InChI is InChI=1S/C21H28N2O3S/c1-17(2)14-15-22-21(24)13-10-18-8-11-20(12-9-18)27(25,26)23-16-19-6-4-3-5-7-19/h3-9,11-12,17,23H,10,13-16H2,1-2H3,(H,22,24). The summed E-state index contributed by atoms with van der Waals surface area (Å²) in [5, 5.41) is 2.91. The van der Waals surface area contributed by atoms with Gasteiger partial charge in [0, 0.05) is 19.5 Å². The fourth-order valence-corrected chi connectivity index (χ4v) is 3.56. The minimum absolute atomic E-state index is 0.0249. The zero-order valence-corrected chi connectivity index (χ0v) is 16.8. The number of aryl methyl sites for hydroxylation is 1. The molecule has 0 aromatic heterocycles. The summed E-state index contributed by atoms with van der Waals surface area (Å²) < 4.78 is 27.4. The van der Waals surface area contributed by atoms with E-state index in [-0.39, 0.29) is 17.3 Å². The predicted octanol–water partition coefficient (Wildman–Crippen LogP) is 3.26. The van der Waals surface area contributed by atoms with Crippen molar-refractivity contribution in [2.45, 2.75) is 44.6 Å². The van der Waals surface area contributed by atoms with Crippen molar-refractivity contribution in [3.63, 3.8) is 0 Å². The van der Waals surface area contributed by atoms with Gasteiger partial charge in [0.15, 0.2) is 0 Å². The molecule has 6 heteroatoms. The summed E-state index contributed by atoms with van der Waals surface area (Å²) in [5.41, 5.74) is 1.84. The van der Waals surface area contributed by atoms with Crippen molar-refractivity contribution < 1.29 is 13.2 Å². The average molecular weight is 389 g/mol. The molecule has 0 aliphatic carbocycles. The van der Waals surface area contributed by atoms with Crippen LogP contribution in [0.3, 0.4) is 0 Å². The van der Waals surface area contributed by atoms with Crippen LogP contribution in [0, 0.1) is 5.92 Å². The van der Waals surface area contributed by atoms with Gasteiger partial charge in [-0.05, 0) is 42.0 Å². The van der Waals surface area contributed by atoms with Crippen LogP contribution in [0.25, 0.3) is 0 Å². The zero-order chi connectivity index (χ0) is 19.7. The number of carbonyl (C=O) groups excluding carboxylic acids is 1. The van der Waals surface area contributed by atoms with Crippen LogP contribution in [0.5, 0.6) is 0 Å². The summed E-state index contributed by atoms with van der Waals surface area (Å²) in [4.78, 5) is 12.1. The summed E-state index contributed by atoms with van der Waals surface area (Å²) in [6.07, 6.45) is 1.95. The molecule has 0 saturated heterocycles. The Morgan fingerprint density at radius 1 is 0.963 bits per heavy atom. The van der Waals surface area contributed by atoms with Crippen molar-refractivity contribution in [1.82, 2.24) is 10.0 Å². The Hall–Kier alpha value is -2.18. The first kappa shape index (κ1) is 21.1. The van der Waals surface area contributed by atoms with Crippen LogP contribution in [-0.4, -0.2) is 20.9 Å². The van der Waals surface area contributed by atoms with E-state index in [1.807, 2.05) is 30.3 Å². The fourth-order valence-electron chi connectivity index (χ4n) is 2.54. The lowest BCUT2D eigenvalue weighted by Gasteiger charge is -2.09. The van der Waals surface area contributed by atoms with Crippen LogP contribution >= 0.6 is 0 Å². The number of carbonyl (C=O) groups is 1. The normalized spacial score (nSPS) is 11.5. The van der Waals surface area contributed by atoms with Gasteiger partial charge in [0.2, 0.25) is 15.9 Å². The number of rotatable bonds is 10. The van der Waals surface area contributed by atoms with E-state index in [2.05, 4.69) is 23.9 Å². The van der Waals surface area contributed by atoms with Crippen LogP contribution in [0.15, 0.2) is 59.5 Å². The highest BCUT2D eigenvalue weighted by Gasteiger charge is 2.13. The van der Waals surface area contributed by atoms with Gasteiger partial charge in [-0.1, -0.05) is 56.3 Å². The van der Waals surface area contributed by atoms with Gasteiger partial charge >= 0.3 is 0 Å². The lowest BCUT2D eigenvalue weighted by Crippen LogP contribution is -2.25. The monoisotopic (exact) mass is 388 g/mol. The van der Waals surface area contributed by atoms with E-state index >= 15 is 0 Å². The molecule has 27 heavy (non-hydrogen) atoms. The Balaban J connectivity index is 1.83. The molecular weight excluding hydrogens is 360 g/mol. The summed E-state index contributed by atoms with van der Waals surface area (Å²) >= 11 is 0. The van der Waals surface area contributed by atoms with E-state index in [1.54, 1.807) is 24.3 Å². The van der Waals surface area contributed by atoms with Gasteiger partial charge in [-0.3, -0.25) is 4.79 Å². The van der Waals surface area contributed by atoms with Gasteiger partial charge < -0.3 is 5.32 Å². The Morgan fingerprint density at radius 3 is 2.26 bits per heavy atom. The van der Waals surface area contributed by atoms with Gasteiger partial charge in [0.05, 0.1) is 4.90 Å². The maximum Gasteiger partial charge on any atom is 0.240 e. The first-order valence-electron chi connectivity index (χ1n) is 9.26. The molecule has 146 valence electrons. The maximum atomic E-state index is 12.4. The topological polar surface area (TPSA) is 75.3 Å². The highest BCUT2D eigenvalue weighted by atomic mass is 32.2. The molecule has 0 unspecified atom stereocenters. The quantitative estimate of drug-likeness (QED) is 0.656. The Bertz CT molecular complexity index is 816. The van der Waals surface area contributed by atoms with Gasteiger partial charge in [0.1, 0.15) is 0 Å². The average Bonchev–Trinajstić information content (AvgIpc) is 2.66. The van der Waals surface area contributed by atoms with E-state index < -0.39 is 10.0 Å². The smallest absolute Gasteiger partial charge is 0.240 e. The zero-order valence-electron chi connectivity index (χ0n) is 15.9. The SMILES string of the molecule is CC(C)CCNC(=O)CCc1ccc(S(=O)(=O)NCc2ccccc2)cc1. The van der Waals surface area contributed by atoms with E-state index in [1.165, 1.54) is 0 Å². The number of nitrogens with one attached hydrogen (secondary N) is 2. The van der Waals surface area contributed by atoms with Crippen molar-refractivity contribution in [2.24, 2.45) is 5.92 Å². The third-order valence-corrected chi connectivity index (χ3v) is 5.64. The van der Waals surface area contributed by atoms with Crippen LogP contribution in [-0.2, 0) is 27.8 Å². The predicted molar refractivity (Wildman–Crippen MR) is 108 cm³/mol. The van der Waals surface area contributed by atoms with Crippen molar-refractivity contribution in [3.8, 4) is 0 Å². The third kappa shape index (κ3) is 7.53. The highest BCUT2D eigenvalue weighted by Crippen LogP contribution is 2.13. The maximum absolute atomic E-state index is 12.4. The van der Waals surface area contributed by atoms with Crippen molar-refractivity contribution in [2.75, 3.05) is 6.54 Å². The van der Waals surface area contributed by atoms with Crippen molar-refractivity contribution in [1.29, 1.82) is 0 Å². The first-order valence-corrected chi connectivity index (χ1v) is 10.7. The van der Waals surface area contributed by atoms with E-state index in [0.29, 0.717) is 25.3 Å². The summed E-state index contributed by atoms with van der Waals surface area (Å²) in [6, 6.07) is 16.1. The van der Waals surface area contributed by atoms with Crippen LogP contribution < -0.4 is 10.0 Å². The van der Waals surface area contributed by atoms with Crippen LogP contribution in [0.4, 0.5) is 0 Å². The van der Waals surface area contributed by atoms with Crippen molar-refractivity contribution in [3.05, 3.63) is 65.7 Å². The minimum Gasteiger partial charge on any atom is -0.356 e. The second kappa shape index (κ2) is 10.2. The molecule has 2 aromatic carbocycles. The number of hydrogen-bond donors (Lipinski definition) is 2. The molecule has 0 aliphatic heterocycles. The number of hydrogen-bond acceptors (Lipinski definition) is 3. The van der Waals surface area contributed by atoms with E-state index in [9.17, 15) is 13.2 Å². The lowest BCUT2D eigenvalue weighted by atomic mass is 10.1. The third-order valence-electron chi connectivity index (χ3n) is 4.23. The van der Waals surface area contributed by atoms with Gasteiger partial charge in [0.25, 0.3) is 0 Å². The summed E-state index contributed by atoms with van der Waals surface area (Å²) in [7, 11) is -3.56. The Kier molecular flexibility index (Phi) is 8.00. The molecular formula is C21H28N2O3S. The molecule has 5 nitrogen and oxygen atoms in total. The molecule has 2 N–H and O–H groups in total. The summed E-state index contributed by atoms with van der Waals surface area (Å²) in [6.45, 7) is 5.19. The second-order valence-corrected chi connectivity index (χ2v) is 8.75. The first-order chi connectivity index (χ1) is 12.9. The number of sulfonamides is 1. The highest BCUT2D eigenvalue weighted by molar-refractivity contribution is 7.89. The Morgan fingerprint density at radius 2 is 1.63 bits per heavy atom. The van der Waals surface area contributed by atoms with E-state index in [0.717, 1.165) is 17.5 Å². The van der Waals surface area contributed by atoms with E-state index in [4.69, 9.17) is 0 Å². The van der Waals surface area contributed by atoms with Crippen molar-refractivity contribution >= 4 is 15.9 Å². The number of benzene rings is 2. The molecule has 2 rings (SSSR count). The Labute approximate surface area is 162 Å². The molecule has 0 aliphatic rings. The molecule has 0 fully saturated rings. The molecule has 0 radical (unpaired) electrons. The van der Waals surface area contributed by atoms with Gasteiger partial charge in [-0.25, -0.2) is 13.1 Å². The molecule has 0 bridgehead atoms. The largest absolute Gasteiger partial charge is 0.356 e. The number of amides is 1. The van der Waals surface area contributed by atoms with Gasteiger partial charge in [-0.15, -0.1) is 0 Å². The van der Waals surface area contributed by atoms with Gasteiger partial charge in [-0.2, -0.15) is 0 Å². The fraction of sp³-hybridized carbons (Fsp3) is 0.381. The van der Waals surface area contributed by atoms with Crippen LogP contribution in [0.1, 0.15) is 37.8 Å². The molecule has 0 atom stereocenters. The van der Waals surface area contributed by atoms with Crippen LogP contribution in [0.2, 0.25) is 0 Å². The molecule has 2 aromatic rings. The molecule has 0 heterocycles. The second-order valence-electron chi connectivity index (χ2n) is 6.99. The summed E-state index contributed by atoms with van der Waals surface area (Å²) in [5.74, 6) is 0.590. The molecule has 0 saturated carbocycles.